The number of carbonyl (C=O) groups excluding carboxylic acids is 1. The third kappa shape index (κ3) is 6.47. The predicted molar refractivity (Wildman–Crippen MR) is 149 cm³/mol. The van der Waals surface area contributed by atoms with E-state index in [1.165, 1.54) is 4.68 Å². The molecule has 8 heteroatoms. The Balaban J connectivity index is 1.62. The molecule has 0 saturated heterocycles. The summed E-state index contributed by atoms with van der Waals surface area (Å²) in [6.07, 6.45) is 7.85. The molecule has 8 nitrogen and oxygen atoms in total. The molecule has 0 fully saturated rings. The summed E-state index contributed by atoms with van der Waals surface area (Å²) in [5, 5.41) is 11.0. The van der Waals surface area contributed by atoms with Crippen LogP contribution in [-0.2, 0) is 6.42 Å². The molecule has 1 heterocycles. The van der Waals surface area contributed by atoms with Gasteiger partial charge in [0.1, 0.15) is 29.5 Å². The standard InChI is InChI=1S/C30H30N4O4/c1-4-18-38-25-14-11-23(12-15-25)10-13-24-19-26(36-2)20-28(37-3)29(24)27-21-32-33-34(27)30(35)31-17-16-22-8-6-5-7-9-22/h4-15,19-21H,1,16-18H2,2-3H3,(H,31,35)/b13-10+. The van der Waals surface area contributed by atoms with Gasteiger partial charge in [0.15, 0.2) is 0 Å². The number of nitrogens with one attached hydrogen (secondary N) is 1. The molecule has 0 saturated carbocycles. The van der Waals surface area contributed by atoms with Crippen LogP contribution in [0.1, 0.15) is 16.7 Å². The smallest absolute Gasteiger partial charge is 0.344 e. The van der Waals surface area contributed by atoms with Gasteiger partial charge in [-0.2, -0.15) is 4.68 Å². The number of rotatable bonds is 11. The van der Waals surface area contributed by atoms with Crippen molar-refractivity contribution in [2.45, 2.75) is 6.42 Å². The highest BCUT2D eigenvalue weighted by Gasteiger charge is 2.21. The lowest BCUT2D eigenvalue weighted by Gasteiger charge is -2.15. The number of aromatic nitrogens is 3. The van der Waals surface area contributed by atoms with E-state index in [9.17, 15) is 4.79 Å². The summed E-state index contributed by atoms with van der Waals surface area (Å²) in [7, 11) is 3.16. The first-order valence-corrected chi connectivity index (χ1v) is 12.1. The molecule has 0 aliphatic rings. The maximum absolute atomic E-state index is 13.1. The zero-order valence-corrected chi connectivity index (χ0v) is 21.5. The molecule has 4 rings (SSSR count). The summed E-state index contributed by atoms with van der Waals surface area (Å²) in [5.41, 5.74) is 4.03. The Hall–Kier alpha value is -4.85. The molecule has 0 aliphatic heterocycles. The summed E-state index contributed by atoms with van der Waals surface area (Å²) >= 11 is 0. The van der Waals surface area contributed by atoms with Crippen LogP contribution in [0.2, 0.25) is 0 Å². The third-order valence-electron chi connectivity index (χ3n) is 5.80. The Kier molecular flexibility index (Phi) is 8.91. The van der Waals surface area contributed by atoms with E-state index in [0.29, 0.717) is 42.3 Å². The molecule has 3 aromatic carbocycles. The Labute approximate surface area is 222 Å². The Morgan fingerprint density at radius 2 is 1.79 bits per heavy atom. The van der Waals surface area contributed by atoms with Crippen molar-refractivity contribution in [3.05, 3.63) is 102 Å². The Bertz CT molecular complexity index is 1400. The molecular weight excluding hydrogens is 480 g/mol. The summed E-state index contributed by atoms with van der Waals surface area (Å²) < 4.78 is 18.0. The first-order chi connectivity index (χ1) is 18.6. The fraction of sp³-hybridized carbons (Fsp3) is 0.167. The van der Waals surface area contributed by atoms with Crippen LogP contribution in [0.25, 0.3) is 23.4 Å². The van der Waals surface area contributed by atoms with E-state index in [4.69, 9.17) is 14.2 Å². The molecule has 0 spiro atoms. The molecule has 0 bridgehead atoms. The largest absolute Gasteiger partial charge is 0.497 e. The average molecular weight is 511 g/mol. The van der Waals surface area contributed by atoms with Crippen LogP contribution < -0.4 is 19.5 Å². The van der Waals surface area contributed by atoms with Crippen LogP contribution >= 0.6 is 0 Å². The van der Waals surface area contributed by atoms with Gasteiger partial charge >= 0.3 is 6.03 Å². The molecule has 0 aliphatic carbocycles. The lowest BCUT2D eigenvalue weighted by Crippen LogP contribution is -2.31. The second kappa shape index (κ2) is 12.9. The summed E-state index contributed by atoms with van der Waals surface area (Å²) in [6.45, 7) is 4.57. The molecule has 194 valence electrons. The van der Waals surface area contributed by atoms with Crippen LogP contribution in [0.4, 0.5) is 4.79 Å². The van der Waals surface area contributed by atoms with Crippen molar-refractivity contribution in [2.75, 3.05) is 27.4 Å². The van der Waals surface area contributed by atoms with Crippen molar-refractivity contribution < 1.29 is 19.0 Å². The second-order valence-electron chi connectivity index (χ2n) is 8.29. The number of nitrogens with zero attached hydrogens (tertiary/aromatic N) is 3. The summed E-state index contributed by atoms with van der Waals surface area (Å²) in [4.78, 5) is 13.1. The van der Waals surface area contributed by atoms with Gasteiger partial charge in [-0.05, 0) is 41.3 Å². The fourth-order valence-electron chi connectivity index (χ4n) is 3.90. The van der Waals surface area contributed by atoms with Gasteiger partial charge in [-0.3, -0.25) is 0 Å². The van der Waals surface area contributed by atoms with Crippen molar-refractivity contribution in [1.29, 1.82) is 0 Å². The van der Waals surface area contributed by atoms with E-state index < -0.39 is 0 Å². The van der Waals surface area contributed by atoms with E-state index in [-0.39, 0.29) is 6.03 Å². The van der Waals surface area contributed by atoms with Crippen LogP contribution in [-0.4, -0.2) is 48.4 Å². The number of ether oxygens (including phenoxy) is 3. The maximum atomic E-state index is 13.1. The van der Waals surface area contributed by atoms with Gasteiger partial charge in [-0.1, -0.05) is 72.5 Å². The first-order valence-electron chi connectivity index (χ1n) is 12.1. The normalized spacial score (nSPS) is 10.8. The van der Waals surface area contributed by atoms with Crippen LogP contribution in [0.3, 0.4) is 0 Å². The van der Waals surface area contributed by atoms with Crippen molar-refractivity contribution >= 4 is 18.2 Å². The number of hydrogen-bond acceptors (Lipinski definition) is 6. The topological polar surface area (TPSA) is 87.5 Å². The van der Waals surface area contributed by atoms with Crippen molar-refractivity contribution in [3.63, 3.8) is 0 Å². The molecule has 38 heavy (non-hydrogen) atoms. The SMILES string of the molecule is C=CCOc1ccc(/C=C/c2cc(OC)cc(OC)c2-c2cnnn2C(=O)NCCc2ccccc2)cc1. The predicted octanol–water partition coefficient (Wildman–Crippen LogP) is 5.50. The van der Waals surface area contributed by atoms with Gasteiger partial charge in [0.05, 0.1) is 26.0 Å². The minimum atomic E-state index is -0.378. The Morgan fingerprint density at radius 1 is 1.00 bits per heavy atom. The van der Waals surface area contributed by atoms with E-state index in [1.54, 1.807) is 32.6 Å². The highest BCUT2D eigenvalue weighted by molar-refractivity contribution is 5.88. The van der Waals surface area contributed by atoms with Gasteiger partial charge in [-0.15, -0.1) is 5.10 Å². The number of amides is 1. The zero-order chi connectivity index (χ0) is 26.7. The summed E-state index contributed by atoms with van der Waals surface area (Å²) in [5.74, 6) is 1.90. The van der Waals surface area contributed by atoms with Crippen LogP contribution in [0.5, 0.6) is 17.2 Å². The van der Waals surface area contributed by atoms with Crippen molar-refractivity contribution in [1.82, 2.24) is 20.3 Å². The van der Waals surface area contributed by atoms with E-state index in [0.717, 1.165) is 22.4 Å². The van der Waals surface area contributed by atoms with E-state index in [2.05, 4.69) is 22.2 Å². The minimum absolute atomic E-state index is 0.378. The maximum Gasteiger partial charge on any atom is 0.344 e. The molecule has 4 aromatic rings. The molecule has 1 N–H and O–H groups in total. The van der Waals surface area contributed by atoms with E-state index in [1.807, 2.05) is 72.8 Å². The molecule has 1 amide bonds. The quantitative estimate of drug-likeness (QED) is 0.212. The number of benzene rings is 3. The third-order valence-corrected chi connectivity index (χ3v) is 5.80. The number of methoxy groups -OCH3 is 2. The van der Waals surface area contributed by atoms with Crippen molar-refractivity contribution in [3.8, 4) is 28.5 Å². The Morgan fingerprint density at radius 3 is 2.50 bits per heavy atom. The van der Waals surface area contributed by atoms with Gasteiger partial charge < -0.3 is 19.5 Å². The van der Waals surface area contributed by atoms with Gasteiger partial charge in [-0.25, -0.2) is 4.79 Å². The second-order valence-corrected chi connectivity index (χ2v) is 8.29. The highest BCUT2D eigenvalue weighted by Crippen LogP contribution is 2.38. The zero-order valence-electron chi connectivity index (χ0n) is 21.5. The first kappa shape index (κ1) is 26.2. The monoisotopic (exact) mass is 510 g/mol. The molecule has 0 atom stereocenters. The summed E-state index contributed by atoms with van der Waals surface area (Å²) in [6, 6.07) is 20.9. The fourth-order valence-corrected chi connectivity index (χ4v) is 3.90. The lowest BCUT2D eigenvalue weighted by atomic mass is 10.0. The van der Waals surface area contributed by atoms with Crippen LogP contribution in [0.15, 0.2) is 85.6 Å². The van der Waals surface area contributed by atoms with E-state index >= 15 is 0 Å². The molecule has 0 radical (unpaired) electrons. The highest BCUT2D eigenvalue weighted by atomic mass is 16.5. The van der Waals surface area contributed by atoms with Gasteiger partial charge in [0, 0.05) is 12.6 Å². The minimum Gasteiger partial charge on any atom is -0.497 e. The number of carbonyl (C=O) groups is 1. The van der Waals surface area contributed by atoms with Gasteiger partial charge in [0.2, 0.25) is 0 Å². The molecule has 1 aromatic heterocycles. The van der Waals surface area contributed by atoms with Gasteiger partial charge in [0.25, 0.3) is 0 Å². The van der Waals surface area contributed by atoms with Crippen molar-refractivity contribution in [2.24, 2.45) is 0 Å². The average Bonchev–Trinajstić information content (AvgIpc) is 3.45. The molecular formula is C30H30N4O4. The lowest BCUT2D eigenvalue weighted by molar-refractivity contribution is 0.239. The van der Waals surface area contributed by atoms with Crippen LogP contribution in [0, 0.1) is 0 Å². The number of hydrogen-bond donors (Lipinski definition) is 1. The molecule has 0 unspecified atom stereocenters.